The van der Waals surface area contributed by atoms with Crippen molar-refractivity contribution in [2.75, 3.05) is 6.61 Å². The number of nitro groups is 1. The van der Waals surface area contributed by atoms with Crippen molar-refractivity contribution in [3.8, 4) is 0 Å². The maximum absolute atomic E-state index is 13.4. The first-order chi connectivity index (χ1) is 7.49. The van der Waals surface area contributed by atoms with E-state index >= 15 is 0 Å². The van der Waals surface area contributed by atoms with E-state index in [4.69, 9.17) is 0 Å². The van der Waals surface area contributed by atoms with Gasteiger partial charge in [0.05, 0.1) is 11.5 Å². The van der Waals surface area contributed by atoms with Crippen LogP contribution in [0.25, 0.3) is 0 Å². The lowest BCUT2D eigenvalue weighted by molar-refractivity contribution is -0.390. The number of hydrogen-bond donors (Lipinski definition) is 0. The highest BCUT2D eigenvalue weighted by molar-refractivity contribution is 5.90. The summed E-state index contributed by atoms with van der Waals surface area (Å²) in [6.07, 6.45) is 0. The molecule has 0 heterocycles. The third-order valence-electron chi connectivity index (χ3n) is 1.74. The Kier molecular flexibility index (Phi) is 3.49. The second kappa shape index (κ2) is 4.65. The summed E-state index contributed by atoms with van der Waals surface area (Å²) < 4.78 is 30.7. The van der Waals surface area contributed by atoms with Gasteiger partial charge in [-0.1, -0.05) is 0 Å². The molecule has 0 spiro atoms. The van der Waals surface area contributed by atoms with Crippen LogP contribution in [0.2, 0.25) is 0 Å². The van der Waals surface area contributed by atoms with Crippen LogP contribution in [0.4, 0.5) is 14.5 Å². The first-order valence-corrected chi connectivity index (χ1v) is 4.28. The molecular formula is C9H7F2NO4. The van der Waals surface area contributed by atoms with Crippen LogP contribution in [0.5, 0.6) is 0 Å². The fourth-order valence-electron chi connectivity index (χ4n) is 1.07. The molecule has 0 N–H and O–H groups in total. The normalized spacial score (nSPS) is 9.94. The molecule has 86 valence electrons. The van der Waals surface area contributed by atoms with Crippen LogP contribution in [0.3, 0.4) is 0 Å². The number of nitro benzene ring substituents is 1. The average Bonchev–Trinajstić information content (AvgIpc) is 2.17. The van der Waals surface area contributed by atoms with E-state index in [1.807, 2.05) is 0 Å². The third kappa shape index (κ3) is 2.13. The van der Waals surface area contributed by atoms with Crippen molar-refractivity contribution in [2.45, 2.75) is 6.92 Å². The molecule has 1 rings (SSSR count). The molecule has 0 amide bonds. The second-order valence-corrected chi connectivity index (χ2v) is 2.74. The zero-order chi connectivity index (χ0) is 12.3. The van der Waals surface area contributed by atoms with Crippen LogP contribution in [-0.2, 0) is 4.74 Å². The molecule has 0 radical (unpaired) electrons. The molecule has 0 atom stereocenters. The van der Waals surface area contributed by atoms with Crippen LogP contribution in [0.15, 0.2) is 12.1 Å². The smallest absolute Gasteiger partial charge is 0.341 e. The Morgan fingerprint density at radius 1 is 1.50 bits per heavy atom. The van der Waals surface area contributed by atoms with E-state index < -0.39 is 33.8 Å². The van der Waals surface area contributed by atoms with E-state index in [1.54, 1.807) is 0 Å². The standard InChI is InChI=1S/C9H7F2NO4/c1-2-16-9(13)5-3-4-6(10)8(7(5)11)12(14)15/h3-4H,2H2,1H3. The number of halogens is 2. The van der Waals surface area contributed by atoms with Gasteiger partial charge in [0.25, 0.3) is 0 Å². The predicted octanol–water partition coefficient (Wildman–Crippen LogP) is 2.05. The minimum atomic E-state index is -1.52. The van der Waals surface area contributed by atoms with Crippen molar-refractivity contribution in [3.63, 3.8) is 0 Å². The van der Waals surface area contributed by atoms with E-state index in [0.29, 0.717) is 6.07 Å². The number of esters is 1. The Labute approximate surface area is 88.8 Å². The van der Waals surface area contributed by atoms with Gasteiger partial charge in [0.1, 0.15) is 5.56 Å². The lowest BCUT2D eigenvalue weighted by Crippen LogP contribution is -2.09. The Bertz CT molecular complexity index is 447. The summed E-state index contributed by atoms with van der Waals surface area (Å²) in [6, 6.07) is 1.45. The van der Waals surface area contributed by atoms with E-state index in [2.05, 4.69) is 4.74 Å². The van der Waals surface area contributed by atoms with Gasteiger partial charge in [0.15, 0.2) is 0 Å². The Morgan fingerprint density at radius 3 is 2.62 bits per heavy atom. The van der Waals surface area contributed by atoms with Gasteiger partial charge in [-0.15, -0.1) is 0 Å². The van der Waals surface area contributed by atoms with Crippen molar-refractivity contribution < 1.29 is 23.2 Å². The van der Waals surface area contributed by atoms with Crippen LogP contribution in [0, 0.1) is 21.7 Å². The number of nitrogens with zero attached hydrogens (tertiary/aromatic N) is 1. The lowest BCUT2D eigenvalue weighted by atomic mass is 10.2. The van der Waals surface area contributed by atoms with E-state index in [1.165, 1.54) is 6.92 Å². The molecule has 0 aromatic heterocycles. The van der Waals surface area contributed by atoms with Gasteiger partial charge >= 0.3 is 11.7 Å². The molecule has 16 heavy (non-hydrogen) atoms. The molecule has 0 bridgehead atoms. The molecule has 0 saturated heterocycles. The van der Waals surface area contributed by atoms with Crippen LogP contribution in [0.1, 0.15) is 17.3 Å². The third-order valence-corrected chi connectivity index (χ3v) is 1.74. The number of carbonyl (C=O) groups excluding carboxylic acids is 1. The van der Waals surface area contributed by atoms with E-state index in [0.717, 1.165) is 6.07 Å². The molecule has 1 aromatic rings. The van der Waals surface area contributed by atoms with Crippen LogP contribution < -0.4 is 0 Å². The van der Waals surface area contributed by atoms with Gasteiger partial charge in [-0.3, -0.25) is 10.1 Å². The number of carbonyl (C=O) groups is 1. The zero-order valence-corrected chi connectivity index (χ0v) is 8.20. The lowest BCUT2D eigenvalue weighted by Gasteiger charge is -2.03. The maximum atomic E-state index is 13.4. The first kappa shape index (κ1) is 12.0. The van der Waals surface area contributed by atoms with Gasteiger partial charge in [-0.2, -0.15) is 8.78 Å². The quantitative estimate of drug-likeness (QED) is 0.453. The van der Waals surface area contributed by atoms with Crippen LogP contribution >= 0.6 is 0 Å². The number of rotatable bonds is 3. The van der Waals surface area contributed by atoms with Crippen molar-refractivity contribution in [1.82, 2.24) is 0 Å². The molecule has 0 fully saturated rings. The number of ether oxygens (including phenoxy) is 1. The van der Waals surface area contributed by atoms with Crippen molar-refractivity contribution >= 4 is 11.7 Å². The average molecular weight is 231 g/mol. The summed E-state index contributed by atoms with van der Waals surface area (Å²) >= 11 is 0. The Balaban J connectivity index is 3.29. The van der Waals surface area contributed by atoms with Crippen LogP contribution in [-0.4, -0.2) is 17.5 Å². The Hall–Kier alpha value is -2.05. The molecule has 0 aliphatic rings. The number of benzene rings is 1. The van der Waals surface area contributed by atoms with Crippen molar-refractivity contribution in [2.24, 2.45) is 0 Å². The molecule has 1 aromatic carbocycles. The highest BCUT2D eigenvalue weighted by Gasteiger charge is 2.27. The summed E-state index contributed by atoms with van der Waals surface area (Å²) in [5.74, 6) is -3.93. The van der Waals surface area contributed by atoms with Gasteiger partial charge in [0.2, 0.25) is 11.6 Å². The maximum Gasteiger partial charge on any atom is 0.341 e. The molecule has 0 saturated carbocycles. The summed E-state index contributed by atoms with van der Waals surface area (Å²) in [4.78, 5) is 20.3. The topological polar surface area (TPSA) is 69.4 Å². The Morgan fingerprint density at radius 2 is 2.12 bits per heavy atom. The summed E-state index contributed by atoms with van der Waals surface area (Å²) in [7, 11) is 0. The molecular weight excluding hydrogens is 224 g/mol. The van der Waals surface area contributed by atoms with Gasteiger partial charge in [0, 0.05) is 0 Å². The summed E-state index contributed by atoms with van der Waals surface area (Å²) in [6.45, 7) is 1.48. The van der Waals surface area contributed by atoms with E-state index in [-0.39, 0.29) is 6.61 Å². The molecule has 7 heteroatoms. The predicted molar refractivity (Wildman–Crippen MR) is 49.0 cm³/mol. The minimum absolute atomic E-state index is 0.0105. The van der Waals surface area contributed by atoms with Gasteiger partial charge in [-0.25, -0.2) is 4.79 Å². The highest BCUT2D eigenvalue weighted by atomic mass is 19.1. The van der Waals surface area contributed by atoms with E-state index in [9.17, 15) is 23.7 Å². The molecule has 0 unspecified atom stereocenters. The fraction of sp³-hybridized carbons (Fsp3) is 0.222. The van der Waals surface area contributed by atoms with Gasteiger partial charge < -0.3 is 4.74 Å². The van der Waals surface area contributed by atoms with Crippen molar-refractivity contribution in [1.29, 1.82) is 0 Å². The fourth-order valence-corrected chi connectivity index (χ4v) is 1.07. The largest absolute Gasteiger partial charge is 0.462 e. The summed E-state index contributed by atoms with van der Waals surface area (Å²) in [5.41, 5.74) is -2.01. The minimum Gasteiger partial charge on any atom is -0.462 e. The monoisotopic (exact) mass is 231 g/mol. The van der Waals surface area contributed by atoms with Crippen molar-refractivity contribution in [3.05, 3.63) is 39.4 Å². The number of hydrogen-bond acceptors (Lipinski definition) is 4. The molecule has 0 aliphatic carbocycles. The highest BCUT2D eigenvalue weighted by Crippen LogP contribution is 2.24. The zero-order valence-electron chi connectivity index (χ0n) is 8.20. The molecule has 0 aliphatic heterocycles. The first-order valence-electron chi connectivity index (χ1n) is 4.28. The van der Waals surface area contributed by atoms with Gasteiger partial charge in [-0.05, 0) is 19.1 Å². The summed E-state index contributed by atoms with van der Waals surface area (Å²) in [5, 5.41) is 10.3. The second-order valence-electron chi connectivity index (χ2n) is 2.74. The molecule has 5 nitrogen and oxygen atoms in total. The SMILES string of the molecule is CCOC(=O)c1ccc(F)c([N+](=O)[O-])c1F.